The molecule has 2 rings (SSSR count). The summed E-state index contributed by atoms with van der Waals surface area (Å²) in [5.41, 5.74) is 3.98. The van der Waals surface area contributed by atoms with Crippen molar-refractivity contribution >= 4 is 0 Å². The summed E-state index contributed by atoms with van der Waals surface area (Å²) in [6, 6.07) is 0. The Morgan fingerprint density at radius 2 is 2.27 bits per heavy atom. The summed E-state index contributed by atoms with van der Waals surface area (Å²) in [7, 11) is 0. The molecule has 0 spiro atoms. The van der Waals surface area contributed by atoms with E-state index in [1.54, 1.807) is 0 Å². The summed E-state index contributed by atoms with van der Waals surface area (Å²) in [6.45, 7) is 0.383. The Labute approximate surface area is 63.7 Å². The lowest BCUT2D eigenvalue weighted by atomic mass is 10.1. The maximum absolute atomic E-state index is 13.0. The fraction of sp³-hybridized carbons (Fsp3) is 1.00. The molecule has 1 saturated carbocycles. The molecule has 2 aliphatic rings. The van der Waals surface area contributed by atoms with Crippen LogP contribution in [-0.4, -0.2) is 24.7 Å². The molecule has 1 saturated heterocycles. The summed E-state index contributed by atoms with van der Waals surface area (Å²) in [4.78, 5) is 0. The number of alkyl halides is 2. The molecule has 0 aromatic heterocycles. The van der Waals surface area contributed by atoms with Crippen molar-refractivity contribution in [3.05, 3.63) is 0 Å². The van der Waals surface area contributed by atoms with Crippen molar-refractivity contribution < 1.29 is 13.5 Å². The van der Waals surface area contributed by atoms with Crippen LogP contribution in [0.2, 0.25) is 0 Å². The summed E-state index contributed by atoms with van der Waals surface area (Å²) < 4.78 is 30.9. The van der Waals surface area contributed by atoms with Gasteiger partial charge in [-0.2, -0.15) is 0 Å². The van der Waals surface area contributed by atoms with Gasteiger partial charge in [-0.25, -0.2) is 8.78 Å². The molecule has 1 aliphatic carbocycles. The van der Waals surface area contributed by atoms with Gasteiger partial charge in [0, 0.05) is 13.2 Å². The lowest BCUT2D eigenvalue weighted by Gasteiger charge is -2.18. The summed E-state index contributed by atoms with van der Waals surface area (Å²) in [6.07, 6.45) is 1.30. The van der Waals surface area contributed by atoms with Crippen LogP contribution < -0.4 is 5.73 Å². The average Bonchev–Trinajstić information content (AvgIpc) is 2.52. The van der Waals surface area contributed by atoms with Gasteiger partial charge in [0.25, 0.3) is 5.92 Å². The maximum Gasteiger partial charge on any atom is 0.283 e. The van der Waals surface area contributed by atoms with Gasteiger partial charge in [0.2, 0.25) is 0 Å². The van der Waals surface area contributed by atoms with Gasteiger partial charge in [-0.05, 0) is 12.8 Å². The Balaban J connectivity index is 2.20. The van der Waals surface area contributed by atoms with Gasteiger partial charge >= 0.3 is 0 Å². The third-order valence-corrected chi connectivity index (χ3v) is 2.78. The predicted molar refractivity (Wildman–Crippen MR) is 35.4 cm³/mol. The van der Waals surface area contributed by atoms with E-state index in [0.717, 1.165) is 6.42 Å². The first-order valence-corrected chi connectivity index (χ1v) is 3.87. The molecule has 2 fully saturated rings. The lowest BCUT2D eigenvalue weighted by Crippen LogP contribution is -2.34. The van der Waals surface area contributed by atoms with E-state index in [0.29, 0.717) is 13.0 Å². The molecule has 4 heteroatoms. The molecule has 0 bridgehead atoms. The highest BCUT2D eigenvalue weighted by Gasteiger charge is 2.81. The zero-order chi connectivity index (χ0) is 8.11. The van der Waals surface area contributed by atoms with Crippen LogP contribution >= 0.6 is 0 Å². The maximum atomic E-state index is 13.0. The van der Waals surface area contributed by atoms with Gasteiger partial charge in [0.15, 0.2) is 5.60 Å². The highest BCUT2D eigenvalue weighted by molar-refractivity contribution is 5.23. The number of hydrogen-bond donors (Lipinski definition) is 1. The summed E-state index contributed by atoms with van der Waals surface area (Å²) in [5.74, 6) is -3.26. The number of ether oxygens (including phenoxy) is 1. The van der Waals surface area contributed by atoms with E-state index >= 15 is 0 Å². The van der Waals surface area contributed by atoms with Crippen molar-refractivity contribution in [2.24, 2.45) is 11.7 Å². The van der Waals surface area contributed by atoms with E-state index in [-0.39, 0.29) is 6.54 Å². The van der Waals surface area contributed by atoms with Crippen molar-refractivity contribution in [1.29, 1.82) is 0 Å². The Morgan fingerprint density at radius 1 is 1.55 bits per heavy atom. The van der Waals surface area contributed by atoms with Gasteiger partial charge in [0.1, 0.15) is 0 Å². The van der Waals surface area contributed by atoms with E-state index in [9.17, 15) is 8.78 Å². The van der Waals surface area contributed by atoms with E-state index in [2.05, 4.69) is 0 Å². The second-order valence-corrected chi connectivity index (χ2v) is 3.26. The SMILES string of the molecule is NC[C@@]12OCCC[C@H]1C2(F)F. The largest absolute Gasteiger partial charge is 0.367 e. The number of nitrogens with two attached hydrogens (primary N) is 1. The number of halogens is 2. The molecule has 0 radical (unpaired) electrons. The van der Waals surface area contributed by atoms with E-state index in [1.165, 1.54) is 0 Å². The third kappa shape index (κ3) is 0.667. The van der Waals surface area contributed by atoms with Crippen LogP contribution in [0.25, 0.3) is 0 Å². The predicted octanol–water partition coefficient (Wildman–Crippen LogP) is 0.759. The molecule has 2 N–H and O–H groups in total. The highest BCUT2D eigenvalue weighted by atomic mass is 19.3. The zero-order valence-electron chi connectivity index (χ0n) is 6.15. The van der Waals surface area contributed by atoms with Crippen molar-refractivity contribution in [3.63, 3.8) is 0 Å². The Kier molecular flexibility index (Phi) is 1.30. The lowest BCUT2D eigenvalue weighted by molar-refractivity contribution is -0.0542. The molecule has 2 nitrogen and oxygen atoms in total. The number of fused-ring (bicyclic) bond motifs is 1. The van der Waals surface area contributed by atoms with E-state index in [4.69, 9.17) is 10.5 Å². The molecule has 1 heterocycles. The first kappa shape index (κ1) is 7.43. The van der Waals surface area contributed by atoms with Crippen molar-refractivity contribution in [2.45, 2.75) is 24.4 Å². The normalized spacial score (nSPS) is 46.6. The highest BCUT2D eigenvalue weighted by Crippen LogP contribution is 2.64. The average molecular weight is 163 g/mol. The van der Waals surface area contributed by atoms with Crippen LogP contribution in [0, 0.1) is 5.92 Å². The molecule has 0 aromatic carbocycles. The molecule has 2 atom stereocenters. The standard InChI is InChI=1S/C7H11F2NO/c8-7(9)5-2-1-3-11-6(5,7)4-10/h5H,1-4,10H2/t5-,6-/m1/s1. The van der Waals surface area contributed by atoms with Crippen LogP contribution in [0.4, 0.5) is 8.78 Å². The van der Waals surface area contributed by atoms with Crippen molar-refractivity contribution in [2.75, 3.05) is 13.2 Å². The van der Waals surface area contributed by atoms with E-state index in [1.807, 2.05) is 0 Å². The number of hydrogen-bond acceptors (Lipinski definition) is 2. The Morgan fingerprint density at radius 3 is 2.73 bits per heavy atom. The molecule has 0 aromatic rings. The molecule has 1 aliphatic heterocycles. The van der Waals surface area contributed by atoms with Gasteiger partial charge in [0.05, 0.1) is 5.92 Å². The van der Waals surface area contributed by atoms with Crippen LogP contribution in [-0.2, 0) is 4.74 Å². The number of rotatable bonds is 1. The molecular formula is C7H11F2NO. The minimum Gasteiger partial charge on any atom is -0.367 e. The Hall–Kier alpha value is -0.220. The van der Waals surface area contributed by atoms with Gasteiger partial charge in [-0.15, -0.1) is 0 Å². The fourth-order valence-electron chi connectivity index (χ4n) is 2.00. The second kappa shape index (κ2) is 1.93. The van der Waals surface area contributed by atoms with Gasteiger partial charge in [-0.3, -0.25) is 0 Å². The Bertz CT molecular complexity index is 185. The van der Waals surface area contributed by atoms with Crippen LogP contribution in [0.5, 0.6) is 0 Å². The second-order valence-electron chi connectivity index (χ2n) is 3.26. The van der Waals surface area contributed by atoms with Crippen LogP contribution in [0.15, 0.2) is 0 Å². The molecule has 0 unspecified atom stereocenters. The van der Waals surface area contributed by atoms with Crippen LogP contribution in [0.3, 0.4) is 0 Å². The minimum atomic E-state index is -2.65. The fourth-order valence-corrected chi connectivity index (χ4v) is 2.00. The van der Waals surface area contributed by atoms with Gasteiger partial charge < -0.3 is 10.5 Å². The zero-order valence-corrected chi connectivity index (χ0v) is 6.15. The quantitative estimate of drug-likeness (QED) is 0.619. The van der Waals surface area contributed by atoms with Crippen molar-refractivity contribution in [1.82, 2.24) is 0 Å². The molecule has 0 amide bonds. The molecular weight excluding hydrogens is 152 g/mol. The first-order valence-electron chi connectivity index (χ1n) is 3.87. The van der Waals surface area contributed by atoms with Crippen molar-refractivity contribution in [3.8, 4) is 0 Å². The monoisotopic (exact) mass is 163 g/mol. The van der Waals surface area contributed by atoms with Crippen LogP contribution in [0.1, 0.15) is 12.8 Å². The summed E-state index contributed by atoms with van der Waals surface area (Å²) >= 11 is 0. The third-order valence-electron chi connectivity index (χ3n) is 2.78. The topological polar surface area (TPSA) is 35.2 Å². The summed E-state index contributed by atoms with van der Waals surface area (Å²) in [5, 5.41) is 0. The minimum absolute atomic E-state index is 0.0509. The smallest absolute Gasteiger partial charge is 0.283 e. The molecule has 11 heavy (non-hydrogen) atoms. The van der Waals surface area contributed by atoms with Gasteiger partial charge in [-0.1, -0.05) is 0 Å². The molecule has 64 valence electrons. The van der Waals surface area contributed by atoms with E-state index < -0.39 is 17.4 Å². The first-order chi connectivity index (χ1) is 5.15.